The molecule has 1 atom stereocenters. The van der Waals surface area contributed by atoms with Crippen LogP contribution in [0.3, 0.4) is 0 Å². The van der Waals surface area contributed by atoms with E-state index in [9.17, 15) is 4.79 Å². The molecule has 0 aliphatic carbocycles. The van der Waals surface area contributed by atoms with Crippen molar-refractivity contribution in [1.82, 2.24) is 5.32 Å². The highest BCUT2D eigenvalue weighted by Crippen LogP contribution is 2.32. The fourth-order valence-corrected chi connectivity index (χ4v) is 1.64. The molecule has 3 N–H and O–H groups in total. The quantitative estimate of drug-likeness (QED) is 0.730. The normalized spacial score (nSPS) is 11.3. The molecule has 0 fully saturated rings. The van der Waals surface area contributed by atoms with Crippen molar-refractivity contribution >= 4 is 5.91 Å². The lowest BCUT2D eigenvalue weighted by molar-refractivity contribution is -0.127. The Morgan fingerprint density at radius 3 is 2.90 bits per heavy atom. The van der Waals surface area contributed by atoms with Crippen LogP contribution in [0.2, 0.25) is 0 Å². The van der Waals surface area contributed by atoms with E-state index >= 15 is 0 Å². The van der Waals surface area contributed by atoms with Gasteiger partial charge in [0.1, 0.15) is 0 Å². The van der Waals surface area contributed by atoms with Crippen molar-refractivity contribution in [3.05, 3.63) is 23.8 Å². The van der Waals surface area contributed by atoms with Crippen LogP contribution in [0.1, 0.15) is 19.4 Å². The lowest BCUT2D eigenvalue weighted by atomic mass is 10.2. The molecule has 1 rings (SSSR count). The highest BCUT2D eigenvalue weighted by molar-refractivity contribution is 5.81. The SMILES string of the molecule is C#CCNC(=O)C(C)Oc1c(CN)cccc1OCC. The molecule has 0 saturated carbocycles. The average molecular weight is 276 g/mol. The Labute approximate surface area is 119 Å². The van der Waals surface area contributed by atoms with Gasteiger partial charge in [0.2, 0.25) is 0 Å². The Bertz CT molecular complexity index is 494. The maximum Gasteiger partial charge on any atom is 0.261 e. The monoisotopic (exact) mass is 276 g/mol. The highest BCUT2D eigenvalue weighted by Gasteiger charge is 2.18. The molecule has 0 aliphatic rings. The van der Waals surface area contributed by atoms with E-state index in [1.54, 1.807) is 13.0 Å². The first-order valence-corrected chi connectivity index (χ1v) is 6.46. The third kappa shape index (κ3) is 4.18. The Balaban J connectivity index is 2.89. The highest BCUT2D eigenvalue weighted by atomic mass is 16.5. The van der Waals surface area contributed by atoms with E-state index in [1.807, 2.05) is 19.1 Å². The first-order valence-electron chi connectivity index (χ1n) is 6.46. The number of nitrogens with two attached hydrogens (primary N) is 1. The number of ether oxygens (including phenoxy) is 2. The third-order valence-electron chi connectivity index (χ3n) is 2.61. The molecule has 1 aromatic carbocycles. The minimum absolute atomic E-state index is 0.170. The maximum atomic E-state index is 11.8. The van der Waals surface area contributed by atoms with Gasteiger partial charge in [-0.05, 0) is 19.9 Å². The summed E-state index contributed by atoms with van der Waals surface area (Å²) >= 11 is 0. The summed E-state index contributed by atoms with van der Waals surface area (Å²) < 4.78 is 11.2. The van der Waals surface area contributed by atoms with Gasteiger partial charge in [0.05, 0.1) is 13.2 Å². The van der Waals surface area contributed by atoms with E-state index in [1.165, 1.54) is 0 Å². The molecule has 0 radical (unpaired) electrons. The van der Waals surface area contributed by atoms with E-state index in [-0.39, 0.29) is 12.5 Å². The van der Waals surface area contributed by atoms with E-state index in [0.29, 0.717) is 24.7 Å². The minimum atomic E-state index is -0.685. The van der Waals surface area contributed by atoms with Crippen molar-refractivity contribution in [3.63, 3.8) is 0 Å². The Hall–Kier alpha value is -2.19. The molecule has 1 unspecified atom stereocenters. The van der Waals surface area contributed by atoms with Crippen molar-refractivity contribution in [3.8, 4) is 23.8 Å². The summed E-state index contributed by atoms with van der Waals surface area (Å²) in [6, 6.07) is 5.46. The zero-order chi connectivity index (χ0) is 15.0. The van der Waals surface area contributed by atoms with Crippen molar-refractivity contribution in [2.24, 2.45) is 5.73 Å². The largest absolute Gasteiger partial charge is 0.490 e. The number of carbonyl (C=O) groups is 1. The molecule has 1 aromatic rings. The van der Waals surface area contributed by atoms with E-state index < -0.39 is 6.10 Å². The lowest BCUT2D eigenvalue weighted by Crippen LogP contribution is -2.36. The predicted octanol–water partition coefficient (Wildman–Crippen LogP) is 1.06. The number of benzene rings is 1. The number of rotatable bonds is 7. The van der Waals surface area contributed by atoms with Gasteiger partial charge in [-0.3, -0.25) is 4.79 Å². The van der Waals surface area contributed by atoms with Gasteiger partial charge in [0.25, 0.3) is 5.91 Å². The van der Waals surface area contributed by atoms with Gasteiger partial charge in [0, 0.05) is 12.1 Å². The van der Waals surface area contributed by atoms with Crippen molar-refractivity contribution in [1.29, 1.82) is 0 Å². The Kier molecular flexibility index (Phi) is 6.41. The van der Waals surface area contributed by atoms with Crippen LogP contribution in [0, 0.1) is 12.3 Å². The van der Waals surface area contributed by atoms with E-state index in [4.69, 9.17) is 21.6 Å². The van der Waals surface area contributed by atoms with Gasteiger partial charge >= 0.3 is 0 Å². The van der Waals surface area contributed by atoms with E-state index in [0.717, 1.165) is 5.56 Å². The molecule has 0 heterocycles. The van der Waals surface area contributed by atoms with Crippen LogP contribution >= 0.6 is 0 Å². The zero-order valence-electron chi connectivity index (χ0n) is 11.8. The van der Waals surface area contributed by atoms with Crippen molar-refractivity contribution < 1.29 is 14.3 Å². The van der Waals surface area contributed by atoms with Crippen LogP contribution in [0.15, 0.2) is 18.2 Å². The van der Waals surface area contributed by atoms with Gasteiger partial charge in [-0.25, -0.2) is 0 Å². The number of hydrogen-bond donors (Lipinski definition) is 2. The topological polar surface area (TPSA) is 73.6 Å². The number of terminal acetylenes is 1. The second-order valence-corrected chi connectivity index (χ2v) is 4.06. The summed E-state index contributed by atoms with van der Waals surface area (Å²) in [5.41, 5.74) is 6.47. The molecular formula is C15H20N2O3. The standard InChI is InChI=1S/C15H20N2O3/c1-4-9-17-15(18)11(3)20-14-12(10-16)7-6-8-13(14)19-5-2/h1,6-8,11H,5,9-10,16H2,2-3H3,(H,17,18). The summed E-state index contributed by atoms with van der Waals surface area (Å²) in [7, 11) is 0. The molecule has 5 nitrogen and oxygen atoms in total. The van der Waals surface area contributed by atoms with Crippen LogP contribution in [0.5, 0.6) is 11.5 Å². The van der Waals surface area contributed by atoms with Gasteiger partial charge in [-0.2, -0.15) is 0 Å². The number of hydrogen-bond acceptors (Lipinski definition) is 4. The number of nitrogens with one attached hydrogen (secondary N) is 1. The van der Waals surface area contributed by atoms with Crippen LogP contribution < -0.4 is 20.5 Å². The molecular weight excluding hydrogens is 256 g/mol. The van der Waals surface area contributed by atoms with Gasteiger partial charge < -0.3 is 20.5 Å². The Morgan fingerprint density at radius 2 is 2.30 bits per heavy atom. The van der Waals surface area contributed by atoms with Gasteiger partial charge in [-0.15, -0.1) is 6.42 Å². The Morgan fingerprint density at radius 1 is 1.55 bits per heavy atom. The summed E-state index contributed by atoms with van der Waals surface area (Å²) in [6.07, 6.45) is 4.41. The molecule has 0 spiro atoms. The predicted molar refractivity (Wildman–Crippen MR) is 77.4 cm³/mol. The van der Waals surface area contributed by atoms with E-state index in [2.05, 4.69) is 11.2 Å². The summed E-state index contributed by atoms with van der Waals surface area (Å²) in [4.78, 5) is 11.8. The zero-order valence-corrected chi connectivity index (χ0v) is 11.8. The van der Waals surface area contributed by atoms with Gasteiger partial charge in [0.15, 0.2) is 17.6 Å². The lowest BCUT2D eigenvalue weighted by Gasteiger charge is -2.19. The average Bonchev–Trinajstić information content (AvgIpc) is 2.46. The van der Waals surface area contributed by atoms with Crippen LogP contribution in [0.4, 0.5) is 0 Å². The summed E-state index contributed by atoms with van der Waals surface area (Å²) in [6.45, 7) is 4.50. The molecule has 5 heteroatoms. The van der Waals surface area contributed by atoms with Crippen LogP contribution in [-0.2, 0) is 11.3 Å². The van der Waals surface area contributed by atoms with Crippen molar-refractivity contribution in [2.75, 3.05) is 13.2 Å². The fraction of sp³-hybridized carbons (Fsp3) is 0.400. The number of amides is 1. The first kappa shape index (κ1) is 15.9. The molecule has 0 saturated heterocycles. The summed E-state index contributed by atoms with van der Waals surface area (Å²) in [5, 5.41) is 2.57. The minimum Gasteiger partial charge on any atom is -0.490 e. The first-order chi connectivity index (χ1) is 9.63. The van der Waals surface area contributed by atoms with Crippen LogP contribution in [-0.4, -0.2) is 25.2 Å². The maximum absolute atomic E-state index is 11.8. The molecule has 20 heavy (non-hydrogen) atoms. The molecule has 0 bridgehead atoms. The second kappa shape index (κ2) is 8.08. The fourth-order valence-electron chi connectivity index (χ4n) is 1.64. The van der Waals surface area contributed by atoms with Crippen LogP contribution in [0.25, 0.3) is 0 Å². The smallest absolute Gasteiger partial charge is 0.261 e. The number of para-hydroxylation sites is 1. The molecule has 0 aromatic heterocycles. The molecule has 108 valence electrons. The van der Waals surface area contributed by atoms with Gasteiger partial charge in [-0.1, -0.05) is 18.1 Å². The number of carbonyl (C=O) groups excluding carboxylic acids is 1. The molecule has 1 amide bonds. The molecule has 0 aliphatic heterocycles. The van der Waals surface area contributed by atoms with Crippen molar-refractivity contribution in [2.45, 2.75) is 26.5 Å². The second-order valence-electron chi connectivity index (χ2n) is 4.06. The summed E-state index contributed by atoms with van der Waals surface area (Å²) in [5.74, 6) is 3.14. The third-order valence-corrected chi connectivity index (χ3v) is 2.61.